The summed E-state index contributed by atoms with van der Waals surface area (Å²) >= 11 is 0. The molecule has 3 aromatic rings. The summed E-state index contributed by atoms with van der Waals surface area (Å²) in [6, 6.07) is 20.3. The number of carbonyl (C=O) groups is 1. The van der Waals surface area contributed by atoms with Crippen LogP contribution >= 0.6 is 0 Å². The first-order valence-electron chi connectivity index (χ1n) is 16.1. The van der Waals surface area contributed by atoms with E-state index in [9.17, 15) is 0 Å². The van der Waals surface area contributed by atoms with E-state index in [-0.39, 0.29) is 25.2 Å². The fourth-order valence-corrected chi connectivity index (χ4v) is 7.23. The predicted octanol–water partition coefficient (Wildman–Crippen LogP) is 6.16. The predicted molar refractivity (Wildman–Crippen MR) is 171 cm³/mol. The van der Waals surface area contributed by atoms with Crippen molar-refractivity contribution in [2.24, 2.45) is 11.1 Å². The number of alkyl halides is 1. The number of carbonyl (C=O) groups excluding carboxylic acids is 1. The third-order valence-electron chi connectivity index (χ3n) is 9.35. The zero-order chi connectivity index (χ0) is 30.5. The monoisotopic (exact) mass is 589 g/mol. The van der Waals surface area contributed by atoms with Gasteiger partial charge in [-0.15, -0.1) is 0 Å². The van der Waals surface area contributed by atoms with Crippen molar-refractivity contribution < 1.29 is 13.7 Å². The highest BCUT2D eigenvalue weighted by molar-refractivity contribution is 5.69. The zero-order valence-corrected chi connectivity index (χ0v) is 26.2. The van der Waals surface area contributed by atoms with Gasteiger partial charge < -0.3 is 15.6 Å². The van der Waals surface area contributed by atoms with Crippen molar-refractivity contribution >= 4 is 6.03 Å². The molecule has 8 heteroatoms. The lowest BCUT2D eigenvalue weighted by Gasteiger charge is -2.50. The van der Waals surface area contributed by atoms with E-state index in [2.05, 4.69) is 61.1 Å². The minimum Gasteiger partial charge on any atom is -0.328 e. The van der Waals surface area contributed by atoms with E-state index in [1.54, 1.807) is 0 Å². The molecule has 0 aliphatic carbocycles. The lowest BCUT2D eigenvalue weighted by Crippen LogP contribution is -2.68. The number of aromatic nitrogens is 2. The number of quaternary nitrogens is 1. The van der Waals surface area contributed by atoms with Crippen molar-refractivity contribution in [1.82, 2.24) is 19.8 Å². The van der Waals surface area contributed by atoms with Gasteiger partial charge in [0.2, 0.25) is 0 Å². The number of imidazole rings is 1. The van der Waals surface area contributed by atoms with Gasteiger partial charge in [0.25, 0.3) is 0 Å². The van der Waals surface area contributed by atoms with Crippen LogP contribution in [0.2, 0.25) is 0 Å². The van der Waals surface area contributed by atoms with E-state index in [1.807, 2.05) is 41.3 Å². The summed E-state index contributed by atoms with van der Waals surface area (Å²) in [5, 5.41) is 3.48. The molecule has 2 atom stereocenters. The Morgan fingerprint density at radius 1 is 1.05 bits per heavy atom. The quantitative estimate of drug-likeness (QED) is 0.293. The van der Waals surface area contributed by atoms with E-state index in [1.165, 1.54) is 0 Å². The smallest absolute Gasteiger partial charge is 0.328 e. The highest BCUT2D eigenvalue weighted by Crippen LogP contribution is 2.42. The van der Waals surface area contributed by atoms with Crippen LogP contribution in [-0.4, -0.2) is 76.4 Å². The van der Waals surface area contributed by atoms with Crippen molar-refractivity contribution in [2.45, 2.75) is 77.7 Å². The highest BCUT2D eigenvalue weighted by atomic mass is 19.1. The Kier molecular flexibility index (Phi) is 9.99. The van der Waals surface area contributed by atoms with Gasteiger partial charge in [0.05, 0.1) is 31.4 Å². The van der Waals surface area contributed by atoms with Gasteiger partial charge in [-0.3, -0.25) is 4.90 Å². The second-order valence-electron chi connectivity index (χ2n) is 13.5. The normalized spacial score (nSPS) is 19.1. The number of nitrogens with zero attached hydrogens (tertiary/aromatic N) is 4. The molecule has 5 rings (SSSR count). The number of piperidine rings is 2. The number of rotatable bonds is 9. The minimum atomic E-state index is -1.32. The van der Waals surface area contributed by atoms with Crippen molar-refractivity contribution in [1.29, 1.82) is 0 Å². The largest absolute Gasteiger partial charge is 0.420 e. The van der Waals surface area contributed by atoms with Gasteiger partial charge in [-0.05, 0) is 30.2 Å². The molecule has 1 aromatic heterocycles. The average molecular weight is 590 g/mol. The number of halogens is 1. The maximum absolute atomic E-state index is 15.5. The summed E-state index contributed by atoms with van der Waals surface area (Å²) in [4.78, 5) is 22.3. The van der Waals surface area contributed by atoms with Crippen LogP contribution in [-0.2, 0) is 6.54 Å². The second kappa shape index (κ2) is 13.7. The molecule has 3 N–H and O–H groups in total. The summed E-state index contributed by atoms with van der Waals surface area (Å²) in [6.07, 6.45) is 5.84. The number of nitrogens with two attached hydrogens (primary N) is 1. The van der Waals surface area contributed by atoms with E-state index < -0.39 is 17.6 Å². The van der Waals surface area contributed by atoms with Crippen LogP contribution < -0.4 is 11.1 Å². The molecule has 232 valence electrons. The fourth-order valence-electron chi connectivity index (χ4n) is 7.23. The molecule has 2 aromatic carbocycles. The first kappa shape index (κ1) is 31.4. The summed E-state index contributed by atoms with van der Waals surface area (Å²) in [6.45, 7) is 10.3. The molecule has 2 fully saturated rings. The van der Waals surface area contributed by atoms with Gasteiger partial charge in [0.15, 0.2) is 0 Å². The lowest BCUT2D eigenvalue weighted by atomic mass is 9.84. The van der Waals surface area contributed by atoms with Gasteiger partial charge in [-0.1, -0.05) is 81.4 Å². The molecule has 2 saturated heterocycles. The molecule has 2 aliphatic rings. The molecule has 0 bridgehead atoms. The molecule has 3 heterocycles. The standard InChI is InChI=1S/C35H50FN6O/c1-35(2,3)32(33-39-31(28-15-9-5-10-16-28)26-40(33)24-27-13-7-4-8-14-27)41(25-29(36)23-37)34(43)42(21-11-6-12-22-42)30-17-19-38-20-18-30/h4-5,7-10,13-16,26,29-30,32,38H,6,11-12,17-25,37H2,1-3H3/q+1/t29-,32+/m1/s1. The Morgan fingerprint density at radius 3 is 2.28 bits per heavy atom. The maximum Gasteiger partial charge on any atom is 0.420 e. The van der Waals surface area contributed by atoms with Gasteiger partial charge in [0.1, 0.15) is 18.0 Å². The Bertz CT molecular complexity index is 1310. The average Bonchev–Trinajstić information content (AvgIpc) is 3.44. The van der Waals surface area contributed by atoms with Gasteiger partial charge in [-0.25, -0.2) is 18.7 Å². The van der Waals surface area contributed by atoms with E-state index in [0.29, 0.717) is 11.0 Å². The number of urea groups is 1. The Morgan fingerprint density at radius 2 is 1.67 bits per heavy atom. The SMILES string of the molecule is CC(C)(C)[C@H](c1nc(-c2ccccc2)cn1Cc1ccccc1)N(C[C@H](F)CN)C(=O)[N+]1(C2CCNCC2)CCCCC1. The fraction of sp³-hybridized carbons (Fsp3) is 0.543. The molecule has 7 nitrogen and oxygen atoms in total. The Hall–Kier alpha value is -3.07. The zero-order valence-electron chi connectivity index (χ0n) is 26.2. The van der Waals surface area contributed by atoms with Gasteiger partial charge in [0, 0.05) is 50.8 Å². The van der Waals surface area contributed by atoms with Crippen molar-refractivity contribution in [3.05, 3.63) is 78.2 Å². The molecule has 43 heavy (non-hydrogen) atoms. The van der Waals surface area contributed by atoms with Gasteiger partial charge >= 0.3 is 6.03 Å². The number of hydrogen-bond acceptors (Lipinski definition) is 4. The highest BCUT2D eigenvalue weighted by Gasteiger charge is 2.52. The Balaban J connectivity index is 1.65. The number of benzene rings is 2. The molecule has 2 aliphatic heterocycles. The summed E-state index contributed by atoms with van der Waals surface area (Å²) in [5.74, 6) is 0.785. The van der Waals surface area contributed by atoms with Crippen LogP contribution in [0.1, 0.15) is 70.3 Å². The first-order valence-corrected chi connectivity index (χ1v) is 16.1. The third-order valence-corrected chi connectivity index (χ3v) is 9.35. The first-order chi connectivity index (χ1) is 20.7. The molecular weight excluding hydrogens is 539 g/mol. The van der Waals surface area contributed by atoms with Crippen LogP contribution in [0, 0.1) is 5.41 Å². The number of hydrogen-bond donors (Lipinski definition) is 2. The number of nitrogens with one attached hydrogen (secondary N) is 1. The molecule has 2 amide bonds. The summed E-state index contributed by atoms with van der Waals surface area (Å²) in [7, 11) is 0. The third kappa shape index (κ3) is 7.03. The molecular formula is C35H50FN6O+. The van der Waals surface area contributed by atoms with E-state index in [4.69, 9.17) is 10.7 Å². The van der Waals surface area contributed by atoms with Crippen molar-refractivity contribution in [3.8, 4) is 11.3 Å². The lowest BCUT2D eigenvalue weighted by molar-refractivity contribution is -0.885. The minimum absolute atomic E-state index is 0.0400. The van der Waals surface area contributed by atoms with Crippen LogP contribution in [0.5, 0.6) is 0 Å². The van der Waals surface area contributed by atoms with Gasteiger partial charge in [-0.2, -0.15) is 0 Å². The summed E-state index contributed by atoms with van der Waals surface area (Å²) in [5.41, 5.74) is 8.47. The molecule has 0 unspecified atom stereocenters. The van der Waals surface area contributed by atoms with E-state index >= 15 is 9.18 Å². The molecule has 0 radical (unpaired) electrons. The van der Waals surface area contributed by atoms with Crippen LogP contribution in [0.4, 0.5) is 9.18 Å². The van der Waals surface area contributed by atoms with Crippen LogP contribution in [0.3, 0.4) is 0 Å². The van der Waals surface area contributed by atoms with Crippen LogP contribution in [0.25, 0.3) is 11.3 Å². The second-order valence-corrected chi connectivity index (χ2v) is 13.5. The number of amides is 2. The van der Waals surface area contributed by atoms with E-state index in [0.717, 1.165) is 80.9 Å². The van der Waals surface area contributed by atoms with Crippen molar-refractivity contribution in [3.63, 3.8) is 0 Å². The molecule has 0 spiro atoms. The van der Waals surface area contributed by atoms with Crippen LogP contribution in [0.15, 0.2) is 66.9 Å². The molecule has 0 saturated carbocycles. The summed E-state index contributed by atoms with van der Waals surface area (Å²) < 4.78 is 18.1. The topological polar surface area (TPSA) is 76.2 Å². The van der Waals surface area contributed by atoms with Crippen molar-refractivity contribution in [2.75, 3.05) is 39.3 Å². The Labute approximate surface area is 256 Å². The number of likely N-dealkylation sites (tertiary alicyclic amines) is 1. The maximum atomic E-state index is 15.5.